The Morgan fingerprint density at radius 2 is 1.88 bits per heavy atom. The lowest BCUT2D eigenvalue weighted by Crippen LogP contribution is -2.34. The zero-order valence-electron chi connectivity index (χ0n) is 23.2. The third kappa shape index (κ3) is 8.62. The summed E-state index contributed by atoms with van der Waals surface area (Å²) in [6.07, 6.45) is -1.81. The number of hydrogen-bond acceptors (Lipinski definition) is 11. The van der Waals surface area contributed by atoms with Crippen LogP contribution in [0, 0.1) is 13.8 Å². The molecule has 2 heterocycles. The van der Waals surface area contributed by atoms with Gasteiger partial charge in [-0.05, 0) is 49.6 Å². The fraction of sp³-hybridized carbons (Fsp3) is 0.259. The first-order valence-corrected chi connectivity index (χ1v) is 12.5. The number of ether oxygens (including phenoxy) is 1. The molecule has 0 spiro atoms. The molecular weight excluding hydrogens is 575 g/mol. The van der Waals surface area contributed by atoms with Crippen LogP contribution in [0.25, 0.3) is 0 Å². The summed E-state index contributed by atoms with van der Waals surface area (Å²) in [5.74, 6) is -2.78. The number of nitrogens with one attached hydrogen (secondary N) is 4. The van der Waals surface area contributed by atoms with Gasteiger partial charge >= 0.3 is 12.1 Å². The second-order valence-corrected chi connectivity index (χ2v) is 9.00. The number of carboxylic acids is 1. The molecule has 0 aliphatic heterocycles. The molecule has 1 amide bonds. The van der Waals surface area contributed by atoms with Crippen LogP contribution < -0.4 is 31.0 Å². The number of benzene rings is 1. The van der Waals surface area contributed by atoms with Crippen LogP contribution in [0.3, 0.4) is 0 Å². The number of aromatic nitrogens is 3. The number of halogens is 3. The van der Waals surface area contributed by atoms with E-state index in [0.717, 1.165) is 11.6 Å². The van der Waals surface area contributed by atoms with Crippen LogP contribution in [0.2, 0.25) is 0 Å². The summed E-state index contributed by atoms with van der Waals surface area (Å²) < 4.78 is 47.1. The summed E-state index contributed by atoms with van der Waals surface area (Å²) in [6.45, 7) is 6.73. The topological polar surface area (TPSA) is 177 Å². The normalized spacial score (nSPS) is 11.7. The standard InChI is InChI=1S/C27H28F3N7O6/c1-5-20(39)33-19-10-14(2)6-8-18(19)34-24-17(27(28,29)30)12-32-26(36-24)35-22-15(3)11-31-25(42-4)23(22)43-37-16(13-38)7-9-21(40)41/h5-6,8,10-13,16,37H,1,7,9H2,2-4H3,(H,33,39)(H,40,41)(H2,31,32,34,35,36)/t16-/m0/s1. The zero-order valence-corrected chi connectivity index (χ0v) is 23.2. The molecule has 0 fully saturated rings. The summed E-state index contributed by atoms with van der Waals surface area (Å²) in [6, 6.07) is 3.65. The first kappa shape index (κ1) is 32.3. The van der Waals surface area contributed by atoms with Gasteiger partial charge in [-0.3, -0.25) is 9.59 Å². The number of hydroxylamine groups is 1. The van der Waals surface area contributed by atoms with Crippen molar-refractivity contribution in [3.8, 4) is 11.6 Å². The van der Waals surface area contributed by atoms with Gasteiger partial charge in [-0.15, -0.1) is 5.48 Å². The van der Waals surface area contributed by atoms with Gasteiger partial charge in [0.05, 0.1) is 30.2 Å². The summed E-state index contributed by atoms with van der Waals surface area (Å²) in [4.78, 5) is 51.7. The van der Waals surface area contributed by atoms with Crippen LogP contribution in [-0.4, -0.2) is 51.4 Å². The molecule has 228 valence electrons. The number of nitrogens with zero attached hydrogens (tertiary/aromatic N) is 3. The van der Waals surface area contributed by atoms with E-state index < -0.39 is 35.5 Å². The highest BCUT2D eigenvalue weighted by Gasteiger charge is 2.36. The number of methoxy groups -OCH3 is 1. The van der Waals surface area contributed by atoms with Crippen molar-refractivity contribution in [2.24, 2.45) is 0 Å². The average molecular weight is 604 g/mol. The van der Waals surface area contributed by atoms with E-state index >= 15 is 0 Å². The van der Waals surface area contributed by atoms with Gasteiger partial charge in [0, 0.05) is 18.8 Å². The Labute approximate surface area is 243 Å². The number of aryl methyl sites for hydroxylation is 2. The molecule has 43 heavy (non-hydrogen) atoms. The van der Waals surface area contributed by atoms with Crippen molar-refractivity contribution in [3.05, 3.63) is 59.9 Å². The molecule has 0 unspecified atom stereocenters. The van der Waals surface area contributed by atoms with Crippen LogP contribution in [0.1, 0.15) is 29.5 Å². The van der Waals surface area contributed by atoms with Crippen molar-refractivity contribution >= 4 is 47.0 Å². The van der Waals surface area contributed by atoms with Crippen molar-refractivity contribution < 1.29 is 42.2 Å². The van der Waals surface area contributed by atoms with Gasteiger partial charge in [-0.2, -0.15) is 18.2 Å². The zero-order chi connectivity index (χ0) is 31.7. The lowest BCUT2D eigenvalue weighted by Gasteiger charge is -2.20. The fourth-order valence-electron chi connectivity index (χ4n) is 3.57. The van der Waals surface area contributed by atoms with Crippen LogP contribution in [0.4, 0.5) is 42.0 Å². The largest absolute Gasteiger partial charge is 0.481 e. The second kappa shape index (κ2) is 14.1. The number of anilines is 5. The van der Waals surface area contributed by atoms with E-state index in [1.807, 2.05) is 0 Å². The third-order valence-corrected chi connectivity index (χ3v) is 5.73. The molecule has 0 saturated carbocycles. The highest BCUT2D eigenvalue weighted by Crippen LogP contribution is 2.39. The molecule has 1 aromatic carbocycles. The van der Waals surface area contributed by atoms with Crippen LogP contribution >= 0.6 is 0 Å². The van der Waals surface area contributed by atoms with E-state index in [9.17, 15) is 27.6 Å². The molecule has 5 N–H and O–H groups in total. The first-order valence-electron chi connectivity index (χ1n) is 12.5. The van der Waals surface area contributed by atoms with Crippen molar-refractivity contribution in [1.29, 1.82) is 0 Å². The number of amides is 1. The molecule has 2 aromatic heterocycles. The number of carboxylic acid groups (broad SMARTS) is 1. The lowest BCUT2D eigenvalue weighted by molar-refractivity contribution is -0.138. The van der Waals surface area contributed by atoms with Gasteiger partial charge in [0.15, 0.2) is 0 Å². The molecule has 0 saturated heterocycles. The maximum atomic E-state index is 13.9. The fourth-order valence-corrected chi connectivity index (χ4v) is 3.57. The van der Waals surface area contributed by atoms with E-state index in [1.54, 1.807) is 26.0 Å². The highest BCUT2D eigenvalue weighted by atomic mass is 19.4. The van der Waals surface area contributed by atoms with E-state index in [0.29, 0.717) is 18.0 Å². The molecule has 1 atom stereocenters. The molecule has 0 aliphatic carbocycles. The number of aldehydes is 1. The van der Waals surface area contributed by atoms with Gasteiger partial charge in [-0.1, -0.05) is 12.6 Å². The molecular formula is C27H28F3N7O6. The minimum atomic E-state index is -4.84. The predicted molar refractivity (Wildman–Crippen MR) is 150 cm³/mol. The molecule has 0 aliphatic rings. The number of carbonyl (C=O) groups excluding carboxylic acids is 2. The predicted octanol–water partition coefficient (Wildman–Crippen LogP) is 4.44. The third-order valence-electron chi connectivity index (χ3n) is 5.73. The maximum absolute atomic E-state index is 13.9. The second-order valence-electron chi connectivity index (χ2n) is 9.00. The average Bonchev–Trinajstić information content (AvgIpc) is 2.95. The quantitative estimate of drug-likeness (QED) is 0.0996. The Bertz CT molecular complexity index is 1520. The first-order chi connectivity index (χ1) is 20.4. The Balaban J connectivity index is 2.01. The molecule has 0 radical (unpaired) electrons. The summed E-state index contributed by atoms with van der Waals surface area (Å²) in [5.41, 5.74) is 2.85. The summed E-state index contributed by atoms with van der Waals surface area (Å²) in [5, 5.41) is 16.9. The van der Waals surface area contributed by atoms with Crippen molar-refractivity contribution in [2.45, 2.75) is 38.9 Å². The number of hydrogen-bond donors (Lipinski definition) is 5. The van der Waals surface area contributed by atoms with Crippen LogP contribution in [0.15, 0.2) is 43.2 Å². The highest BCUT2D eigenvalue weighted by molar-refractivity contribution is 6.01. The number of pyridine rings is 1. The van der Waals surface area contributed by atoms with Gasteiger partial charge in [0.2, 0.25) is 17.6 Å². The van der Waals surface area contributed by atoms with E-state index in [2.05, 4.69) is 43.0 Å². The number of rotatable bonds is 14. The number of alkyl halides is 3. The smallest absolute Gasteiger partial charge is 0.421 e. The van der Waals surface area contributed by atoms with Crippen molar-refractivity contribution in [2.75, 3.05) is 23.1 Å². The Hall–Kier alpha value is -5.25. The van der Waals surface area contributed by atoms with Crippen LogP contribution in [0.5, 0.6) is 11.6 Å². The Morgan fingerprint density at radius 3 is 2.51 bits per heavy atom. The minimum Gasteiger partial charge on any atom is -0.481 e. The molecule has 3 rings (SSSR count). The SMILES string of the molecule is C=CC(=O)Nc1cc(C)ccc1Nc1nc(Nc2c(C)cnc(OC)c2ON[C@H](C=O)CCC(=O)O)ncc1C(F)(F)F. The number of aliphatic carboxylic acids is 1. The Kier molecular flexibility index (Phi) is 10.6. The molecule has 3 aromatic rings. The minimum absolute atomic E-state index is 0.0731. The van der Waals surface area contributed by atoms with Crippen molar-refractivity contribution in [1.82, 2.24) is 20.4 Å². The van der Waals surface area contributed by atoms with Gasteiger partial charge < -0.3 is 35.4 Å². The van der Waals surface area contributed by atoms with Gasteiger partial charge in [0.25, 0.3) is 5.88 Å². The van der Waals surface area contributed by atoms with E-state index in [1.165, 1.54) is 19.4 Å². The summed E-state index contributed by atoms with van der Waals surface area (Å²) in [7, 11) is 1.29. The molecule has 0 bridgehead atoms. The Morgan fingerprint density at radius 1 is 1.14 bits per heavy atom. The van der Waals surface area contributed by atoms with Gasteiger partial charge in [-0.25, -0.2) is 9.97 Å². The van der Waals surface area contributed by atoms with E-state index in [-0.39, 0.29) is 47.5 Å². The summed E-state index contributed by atoms with van der Waals surface area (Å²) >= 11 is 0. The van der Waals surface area contributed by atoms with Crippen molar-refractivity contribution in [3.63, 3.8) is 0 Å². The van der Waals surface area contributed by atoms with E-state index in [4.69, 9.17) is 14.7 Å². The molecule has 16 heteroatoms. The lowest BCUT2D eigenvalue weighted by atomic mass is 10.1. The molecule has 13 nitrogen and oxygen atoms in total. The maximum Gasteiger partial charge on any atom is 0.421 e. The monoisotopic (exact) mass is 603 g/mol. The van der Waals surface area contributed by atoms with Gasteiger partial charge in [0.1, 0.15) is 17.7 Å². The number of carbonyl (C=O) groups is 3. The van der Waals surface area contributed by atoms with Crippen LogP contribution in [-0.2, 0) is 20.6 Å².